The van der Waals surface area contributed by atoms with Gasteiger partial charge in [0.2, 0.25) is 11.9 Å². The first kappa shape index (κ1) is 21.9. The standard InChI is InChI=1S/C21H31N5O4/c1-14(2)26-20(28)15-6-7-16(19(29-5)18(15)23-21(26)22-3)30-13-8-17(27)25-11-9-24(4)10-12-25/h6-7,14H,8-13H2,1-5H3,(H,22,23). The van der Waals surface area contributed by atoms with Gasteiger partial charge in [-0.3, -0.25) is 14.2 Å². The molecule has 1 saturated heterocycles. The molecular weight excluding hydrogens is 386 g/mol. The van der Waals surface area contributed by atoms with E-state index in [1.54, 1.807) is 23.7 Å². The Morgan fingerprint density at radius 3 is 2.53 bits per heavy atom. The fourth-order valence-electron chi connectivity index (χ4n) is 3.65. The van der Waals surface area contributed by atoms with E-state index in [9.17, 15) is 9.59 Å². The molecular formula is C21H31N5O4. The molecule has 0 unspecified atom stereocenters. The summed E-state index contributed by atoms with van der Waals surface area (Å²) in [5.74, 6) is 1.40. The van der Waals surface area contributed by atoms with Crippen molar-refractivity contribution >= 4 is 22.8 Å². The monoisotopic (exact) mass is 417 g/mol. The van der Waals surface area contributed by atoms with Crippen LogP contribution >= 0.6 is 0 Å². The normalized spacial score (nSPS) is 14.9. The minimum absolute atomic E-state index is 0.0423. The first-order valence-corrected chi connectivity index (χ1v) is 10.3. The zero-order valence-electron chi connectivity index (χ0n) is 18.4. The summed E-state index contributed by atoms with van der Waals surface area (Å²) in [6.45, 7) is 7.36. The van der Waals surface area contributed by atoms with Crippen LogP contribution < -0.4 is 20.3 Å². The fourth-order valence-corrected chi connectivity index (χ4v) is 3.65. The molecule has 9 heteroatoms. The van der Waals surface area contributed by atoms with Gasteiger partial charge in [0.05, 0.1) is 25.5 Å². The maximum absolute atomic E-state index is 13.0. The van der Waals surface area contributed by atoms with Crippen LogP contribution in [0.15, 0.2) is 16.9 Å². The van der Waals surface area contributed by atoms with Gasteiger partial charge in [0, 0.05) is 39.3 Å². The van der Waals surface area contributed by atoms with Crippen LogP contribution in [-0.4, -0.2) is 79.2 Å². The van der Waals surface area contributed by atoms with Crippen molar-refractivity contribution in [2.75, 3.05) is 59.3 Å². The summed E-state index contributed by atoms with van der Waals surface area (Å²) in [6, 6.07) is 3.36. The Morgan fingerprint density at radius 2 is 1.93 bits per heavy atom. The third kappa shape index (κ3) is 4.35. The van der Waals surface area contributed by atoms with Crippen LogP contribution in [0.1, 0.15) is 26.3 Å². The summed E-state index contributed by atoms with van der Waals surface area (Å²) in [6.07, 6.45) is 0.287. The lowest BCUT2D eigenvalue weighted by Gasteiger charge is -2.32. The Labute approximate surface area is 176 Å². The number of hydrogen-bond acceptors (Lipinski definition) is 7. The van der Waals surface area contributed by atoms with Crippen molar-refractivity contribution in [1.29, 1.82) is 0 Å². The Bertz CT molecular complexity index is 964. The number of ether oxygens (including phenoxy) is 2. The molecule has 1 aromatic carbocycles. The number of nitrogens with zero attached hydrogens (tertiary/aromatic N) is 4. The predicted octanol–water partition coefficient (Wildman–Crippen LogP) is 1.57. The summed E-state index contributed by atoms with van der Waals surface area (Å²) in [5, 5.41) is 3.44. The van der Waals surface area contributed by atoms with E-state index in [4.69, 9.17) is 9.47 Å². The number of carbonyl (C=O) groups is 1. The predicted molar refractivity (Wildman–Crippen MR) is 117 cm³/mol. The van der Waals surface area contributed by atoms with Gasteiger partial charge in [-0.15, -0.1) is 0 Å². The van der Waals surface area contributed by atoms with Crippen LogP contribution in [0.5, 0.6) is 11.5 Å². The molecule has 0 atom stereocenters. The summed E-state index contributed by atoms with van der Waals surface area (Å²) in [4.78, 5) is 34.1. The number of rotatable bonds is 7. The van der Waals surface area contributed by atoms with Crippen molar-refractivity contribution in [3.63, 3.8) is 0 Å². The number of methoxy groups -OCH3 is 1. The lowest BCUT2D eigenvalue weighted by molar-refractivity contribution is -0.133. The SMILES string of the molecule is CNc1nc2c(OC)c(OCCC(=O)N3CCN(C)CC3)ccc2c(=O)n1C(C)C. The number of piperazine rings is 1. The quantitative estimate of drug-likeness (QED) is 0.731. The number of fused-ring (bicyclic) bond motifs is 1. The molecule has 0 bridgehead atoms. The largest absolute Gasteiger partial charge is 0.491 e. The molecule has 164 valence electrons. The van der Waals surface area contributed by atoms with Crippen molar-refractivity contribution < 1.29 is 14.3 Å². The third-order valence-electron chi connectivity index (χ3n) is 5.36. The Morgan fingerprint density at radius 1 is 1.23 bits per heavy atom. The average Bonchev–Trinajstić information content (AvgIpc) is 2.73. The molecule has 1 N–H and O–H groups in total. The molecule has 0 saturated carbocycles. The molecule has 1 amide bonds. The number of anilines is 1. The van der Waals surface area contributed by atoms with Crippen LogP contribution in [0.4, 0.5) is 5.95 Å². The summed E-state index contributed by atoms with van der Waals surface area (Å²) in [5.41, 5.74) is 0.293. The molecule has 0 aliphatic carbocycles. The molecule has 2 heterocycles. The van der Waals surface area contributed by atoms with Gasteiger partial charge in [-0.25, -0.2) is 4.98 Å². The third-order valence-corrected chi connectivity index (χ3v) is 5.36. The number of likely N-dealkylation sites (N-methyl/N-ethyl adjacent to an activating group) is 1. The highest BCUT2D eigenvalue weighted by Gasteiger charge is 2.21. The zero-order chi connectivity index (χ0) is 21.8. The summed E-state index contributed by atoms with van der Waals surface area (Å²) < 4.78 is 13.0. The maximum atomic E-state index is 13.0. The number of benzene rings is 1. The van der Waals surface area contributed by atoms with Crippen molar-refractivity contribution in [3.8, 4) is 11.5 Å². The first-order valence-electron chi connectivity index (χ1n) is 10.3. The summed E-state index contributed by atoms with van der Waals surface area (Å²) in [7, 11) is 5.30. The van der Waals surface area contributed by atoms with Crippen molar-refractivity contribution in [2.45, 2.75) is 26.3 Å². The minimum atomic E-state index is -0.144. The van der Waals surface area contributed by atoms with Crippen LogP contribution in [0.2, 0.25) is 0 Å². The molecule has 1 aliphatic heterocycles. The molecule has 1 aliphatic rings. The number of amides is 1. The van der Waals surface area contributed by atoms with Gasteiger partial charge in [0.15, 0.2) is 11.5 Å². The van der Waals surface area contributed by atoms with Crippen LogP contribution in [0, 0.1) is 0 Å². The average molecular weight is 418 g/mol. The van der Waals surface area contributed by atoms with Crippen molar-refractivity contribution in [3.05, 3.63) is 22.5 Å². The second kappa shape index (κ2) is 9.34. The highest BCUT2D eigenvalue weighted by molar-refractivity contribution is 5.87. The number of nitrogens with one attached hydrogen (secondary N) is 1. The number of carbonyl (C=O) groups excluding carboxylic acids is 1. The second-order valence-electron chi connectivity index (χ2n) is 7.73. The van der Waals surface area contributed by atoms with E-state index in [2.05, 4.69) is 22.2 Å². The lowest BCUT2D eigenvalue weighted by atomic mass is 10.2. The summed E-state index contributed by atoms with van der Waals surface area (Å²) >= 11 is 0. The van der Waals surface area contributed by atoms with Crippen LogP contribution in [-0.2, 0) is 4.79 Å². The molecule has 2 aromatic rings. The van der Waals surface area contributed by atoms with E-state index in [1.165, 1.54) is 7.11 Å². The molecule has 0 spiro atoms. The lowest BCUT2D eigenvalue weighted by Crippen LogP contribution is -2.47. The molecule has 1 fully saturated rings. The van der Waals surface area contributed by atoms with E-state index in [-0.39, 0.29) is 30.5 Å². The molecule has 0 radical (unpaired) electrons. The first-order chi connectivity index (χ1) is 14.4. The van der Waals surface area contributed by atoms with Crippen LogP contribution in [0.3, 0.4) is 0 Å². The highest BCUT2D eigenvalue weighted by atomic mass is 16.5. The van der Waals surface area contributed by atoms with E-state index in [1.807, 2.05) is 18.7 Å². The Hall–Kier alpha value is -2.81. The van der Waals surface area contributed by atoms with E-state index in [0.717, 1.165) is 26.2 Å². The van der Waals surface area contributed by atoms with E-state index >= 15 is 0 Å². The Balaban J connectivity index is 1.80. The minimum Gasteiger partial charge on any atom is -0.491 e. The van der Waals surface area contributed by atoms with Gasteiger partial charge in [-0.2, -0.15) is 0 Å². The van der Waals surface area contributed by atoms with Gasteiger partial charge in [-0.1, -0.05) is 0 Å². The molecule has 3 rings (SSSR count). The van der Waals surface area contributed by atoms with Gasteiger partial charge in [-0.05, 0) is 33.0 Å². The van der Waals surface area contributed by atoms with E-state index in [0.29, 0.717) is 28.4 Å². The Kier molecular flexibility index (Phi) is 6.81. The molecule has 30 heavy (non-hydrogen) atoms. The number of hydrogen-bond donors (Lipinski definition) is 1. The van der Waals surface area contributed by atoms with Crippen molar-refractivity contribution in [2.24, 2.45) is 0 Å². The molecule has 1 aromatic heterocycles. The zero-order valence-corrected chi connectivity index (χ0v) is 18.4. The van der Waals surface area contributed by atoms with Crippen molar-refractivity contribution in [1.82, 2.24) is 19.4 Å². The number of aromatic nitrogens is 2. The van der Waals surface area contributed by atoms with Gasteiger partial charge >= 0.3 is 0 Å². The second-order valence-corrected chi connectivity index (χ2v) is 7.73. The van der Waals surface area contributed by atoms with Gasteiger partial charge < -0.3 is 24.6 Å². The van der Waals surface area contributed by atoms with E-state index < -0.39 is 0 Å². The maximum Gasteiger partial charge on any atom is 0.263 e. The van der Waals surface area contributed by atoms with Crippen LogP contribution in [0.25, 0.3) is 10.9 Å². The molecule has 9 nitrogen and oxygen atoms in total. The van der Waals surface area contributed by atoms with Gasteiger partial charge in [0.1, 0.15) is 5.52 Å². The topological polar surface area (TPSA) is 88.9 Å². The highest BCUT2D eigenvalue weighted by Crippen LogP contribution is 2.34. The smallest absolute Gasteiger partial charge is 0.263 e. The fraction of sp³-hybridized carbons (Fsp3) is 0.571. The van der Waals surface area contributed by atoms with Gasteiger partial charge in [0.25, 0.3) is 5.56 Å².